The van der Waals surface area contributed by atoms with Crippen molar-refractivity contribution < 1.29 is 0 Å². The summed E-state index contributed by atoms with van der Waals surface area (Å²) in [7, 11) is 0. The van der Waals surface area contributed by atoms with Crippen molar-refractivity contribution in [2.45, 2.75) is 11.8 Å². The summed E-state index contributed by atoms with van der Waals surface area (Å²) in [6, 6.07) is 54.0. The molecule has 0 saturated carbocycles. The summed E-state index contributed by atoms with van der Waals surface area (Å²) in [5.74, 6) is 0.441. The minimum Gasteiger partial charge on any atom is -0.309 e. The first-order chi connectivity index (χ1) is 21.8. The van der Waals surface area contributed by atoms with E-state index in [-0.39, 0.29) is 11.8 Å². The van der Waals surface area contributed by atoms with Gasteiger partial charge < -0.3 is 4.57 Å². The normalized spacial score (nSPS) is 16.3. The van der Waals surface area contributed by atoms with Gasteiger partial charge in [0.1, 0.15) is 0 Å². The molecule has 8 aromatic rings. The van der Waals surface area contributed by atoms with E-state index in [0.717, 1.165) is 0 Å². The molecule has 1 aromatic heterocycles. The predicted molar refractivity (Wildman–Crippen MR) is 186 cm³/mol. The molecule has 3 aliphatic carbocycles. The maximum atomic E-state index is 4.01. The zero-order valence-corrected chi connectivity index (χ0v) is 25.4. The number of rotatable bonds is 2. The fraction of sp³-hybridized carbons (Fsp3) is 0.0476. The largest absolute Gasteiger partial charge is 0.309 e. The van der Waals surface area contributed by atoms with Gasteiger partial charge in [0.2, 0.25) is 0 Å². The van der Waals surface area contributed by atoms with Gasteiger partial charge in [0, 0.05) is 32.5 Å². The molecular weight excluding hydrogens is 598 g/mol. The molecule has 11 rings (SSSR count). The molecule has 0 radical (unpaired) electrons. The number of fused-ring (bicyclic) bond motifs is 4. The molecule has 0 atom stereocenters. The number of halogens is 1. The van der Waals surface area contributed by atoms with Crippen LogP contribution in [0.5, 0.6) is 0 Å². The zero-order chi connectivity index (χ0) is 28.9. The molecule has 0 fully saturated rings. The number of para-hydroxylation sites is 1. The number of hydrogen-bond donors (Lipinski definition) is 0. The monoisotopic (exact) mass is 623 g/mol. The van der Waals surface area contributed by atoms with E-state index in [9.17, 15) is 0 Å². The van der Waals surface area contributed by atoms with Gasteiger partial charge in [0.25, 0.3) is 0 Å². The lowest BCUT2D eigenvalue weighted by atomic mass is 9.60. The fourth-order valence-electron chi connectivity index (χ4n) is 8.30. The fourth-order valence-corrected chi connectivity index (χ4v) is 8.87. The van der Waals surface area contributed by atoms with E-state index in [1.165, 1.54) is 87.2 Å². The quantitative estimate of drug-likeness (QED) is 0.180. The van der Waals surface area contributed by atoms with Crippen molar-refractivity contribution in [3.8, 4) is 16.8 Å². The Morgan fingerprint density at radius 1 is 0.455 bits per heavy atom. The Hall–Kier alpha value is -4.92. The first kappa shape index (κ1) is 24.5. The maximum absolute atomic E-state index is 4.01. The van der Waals surface area contributed by atoms with E-state index in [2.05, 4.69) is 166 Å². The number of hydrogen-bond acceptors (Lipinski definition) is 0. The molecule has 1 nitrogen and oxygen atoms in total. The van der Waals surface area contributed by atoms with Crippen LogP contribution in [0.25, 0.3) is 49.4 Å². The van der Waals surface area contributed by atoms with Crippen LogP contribution in [0.3, 0.4) is 0 Å². The van der Waals surface area contributed by atoms with Crippen LogP contribution in [0, 0.1) is 0 Å². The van der Waals surface area contributed by atoms with E-state index >= 15 is 0 Å². The summed E-state index contributed by atoms with van der Waals surface area (Å²) in [4.78, 5) is 0. The smallest absolute Gasteiger partial charge is 0.0541 e. The summed E-state index contributed by atoms with van der Waals surface area (Å²) in [6.07, 6.45) is 0. The highest BCUT2D eigenvalue weighted by atomic mass is 79.9. The van der Waals surface area contributed by atoms with Crippen molar-refractivity contribution >= 4 is 48.5 Å². The lowest BCUT2D eigenvalue weighted by Gasteiger charge is -2.43. The van der Waals surface area contributed by atoms with Gasteiger partial charge in [0.05, 0.1) is 16.7 Å². The molecule has 2 bridgehead atoms. The van der Waals surface area contributed by atoms with Gasteiger partial charge in [-0.05, 0) is 80.2 Å². The Labute approximate surface area is 264 Å². The van der Waals surface area contributed by atoms with Crippen LogP contribution in [-0.4, -0.2) is 4.57 Å². The number of nitrogens with zero attached hydrogens (tertiary/aromatic N) is 1. The molecule has 1 heterocycles. The molecule has 2 heteroatoms. The third-order valence-electron chi connectivity index (χ3n) is 10.0. The highest BCUT2D eigenvalue weighted by molar-refractivity contribution is 9.10. The number of benzene rings is 7. The van der Waals surface area contributed by atoms with E-state index in [0.29, 0.717) is 0 Å². The summed E-state index contributed by atoms with van der Waals surface area (Å²) >= 11 is 4.01. The standard InChI is InChI=1S/C42H26BrN/c43-35-22-21-28(41-39-30-14-3-5-16-32(30)40(42(35)41)33-17-6-4-15-31(33)39)26-20-23-38-34(24-26)29-13-7-8-18-37(29)44(38)36-19-9-11-25-10-1-2-12-27(25)36/h1-24,39-40H. The minimum absolute atomic E-state index is 0.211. The Morgan fingerprint density at radius 2 is 1.05 bits per heavy atom. The molecule has 0 unspecified atom stereocenters. The SMILES string of the molecule is Brc1ccc(-c2ccc3c(c2)c2ccccc2n3-c2cccc3ccccc23)c2c1C1c3ccccc3C2c2ccccc21. The van der Waals surface area contributed by atoms with Crippen LogP contribution >= 0.6 is 15.9 Å². The predicted octanol–water partition coefficient (Wildman–Crippen LogP) is 11.4. The van der Waals surface area contributed by atoms with Crippen molar-refractivity contribution in [3.63, 3.8) is 0 Å². The van der Waals surface area contributed by atoms with Gasteiger partial charge in [-0.15, -0.1) is 0 Å². The minimum atomic E-state index is 0.211. The van der Waals surface area contributed by atoms with Gasteiger partial charge in [-0.2, -0.15) is 0 Å². The van der Waals surface area contributed by atoms with E-state index < -0.39 is 0 Å². The average Bonchev–Trinajstić information content (AvgIpc) is 3.41. The Kier molecular flexibility index (Phi) is 5.04. The van der Waals surface area contributed by atoms with Gasteiger partial charge in [-0.25, -0.2) is 0 Å². The van der Waals surface area contributed by atoms with Crippen molar-refractivity contribution in [1.29, 1.82) is 0 Å². The van der Waals surface area contributed by atoms with E-state index in [1.807, 2.05) is 0 Å². The lowest BCUT2D eigenvalue weighted by molar-refractivity contribution is 0.752. The molecule has 0 spiro atoms. The van der Waals surface area contributed by atoms with Crippen LogP contribution in [0.4, 0.5) is 0 Å². The van der Waals surface area contributed by atoms with Gasteiger partial charge >= 0.3 is 0 Å². The van der Waals surface area contributed by atoms with Crippen molar-refractivity contribution in [3.05, 3.63) is 183 Å². The first-order valence-electron chi connectivity index (χ1n) is 15.3. The van der Waals surface area contributed by atoms with Crippen LogP contribution in [-0.2, 0) is 0 Å². The molecule has 0 amide bonds. The summed E-state index contributed by atoms with van der Waals surface area (Å²) < 4.78 is 3.64. The second-order valence-electron chi connectivity index (χ2n) is 12.1. The summed E-state index contributed by atoms with van der Waals surface area (Å²) in [5, 5.41) is 5.08. The Bertz CT molecular complexity index is 2430. The zero-order valence-electron chi connectivity index (χ0n) is 23.8. The molecule has 44 heavy (non-hydrogen) atoms. The number of aromatic nitrogens is 1. The summed E-state index contributed by atoms with van der Waals surface area (Å²) in [6.45, 7) is 0. The second-order valence-corrected chi connectivity index (χ2v) is 13.0. The van der Waals surface area contributed by atoms with E-state index in [4.69, 9.17) is 0 Å². The molecular formula is C42H26BrN. The molecule has 0 N–H and O–H groups in total. The van der Waals surface area contributed by atoms with Crippen LogP contribution < -0.4 is 0 Å². The molecule has 3 aliphatic rings. The van der Waals surface area contributed by atoms with Crippen LogP contribution in [0.2, 0.25) is 0 Å². The third-order valence-corrected chi connectivity index (χ3v) is 10.7. The van der Waals surface area contributed by atoms with Crippen molar-refractivity contribution in [2.24, 2.45) is 0 Å². The molecule has 206 valence electrons. The summed E-state index contributed by atoms with van der Waals surface area (Å²) in [5.41, 5.74) is 14.9. The average molecular weight is 625 g/mol. The van der Waals surface area contributed by atoms with Crippen molar-refractivity contribution in [2.75, 3.05) is 0 Å². The highest BCUT2D eigenvalue weighted by Crippen LogP contribution is 2.59. The van der Waals surface area contributed by atoms with Crippen LogP contribution in [0.15, 0.2) is 150 Å². The topological polar surface area (TPSA) is 4.93 Å². The van der Waals surface area contributed by atoms with Crippen LogP contribution in [0.1, 0.15) is 45.2 Å². The van der Waals surface area contributed by atoms with Gasteiger partial charge in [-0.1, -0.05) is 131 Å². The molecule has 0 aliphatic heterocycles. The third kappa shape index (κ3) is 3.19. The Balaban J connectivity index is 1.25. The van der Waals surface area contributed by atoms with Gasteiger partial charge in [0.15, 0.2) is 0 Å². The first-order valence-corrected chi connectivity index (χ1v) is 16.1. The molecule has 7 aromatic carbocycles. The second kappa shape index (κ2) is 9.05. The highest BCUT2D eigenvalue weighted by Gasteiger charge is 2.43. The van der Waals surface area contributed by atoms with E-state index in [1.54, 1.807) is 0 Å². The lowest BCUT2D eigenvalue weighted by Crippen LogP contribution is -2.28. The Morgan fingerprint density at radius 3 is 1.80 bits per heavy atom. The van der Waals surface area contributed by atoms with Gasteiger partial charge in [-0.3, -0.25) is 0 Å². The van der Waals surface area contributed by atoms with Crippen molar-refractivity contribution in [1.82, 2.24) is 4.57 Å². The molecule has 0 saturated heterocycles. The maximum Gasteiger partial charge on any atom is 0.0541 e.